The van der Waals surface area contributed by atoms with E-state index in [0.717, 1.165) is 18.4 Å². The summed E-state index contributed by atoms with van der Waals surface area (Å²) in [6.07, 6.45) is 1.85. The second-order valence-corrected chi connectivity index (χ2v) is 3.75. The molecule has 1 aliphatic rings. The van der Waals surface area contributed by atoms with E-state index in [9.17, 15) is 4.39 Å². The molecule has 1 aliphatic carbocycles. The fraction of sp³-hybridized carbons (Fsp3) is 0.333. The molecule has 0 aliphatic heterocycles. The van der Waals surface area contributed by atoms with Crippen LogP contribution in [0.4, 0.5) is 4.39 Å². The van der Waals surface area contributed by atoms with Crippen LogP contribution < -0.4 is 5.73 Å². The van der Waals surface area contributed by atoms with Crippen LogP contribution >= 0.6 is 11.6 Å². The van der Waals surface area contributed by atoms with Gasteiger partial charge in [0.25, 0.3) is 0 Å². The minimum Gasteiger partial charge on any atom is -0.321 e. The Morgan fingerprint density at radius 1 is 1.33 bits per heavy atom. The second kappa shape index (κ2) is 2.44. The first-order valence-electron chi connectivity index (χ1n) is 3.86. The van der Waals surface area contributed by atoms with Crippen molar-refractivity contribution in [3.63, 3.8) is 0 Å². The maximum Gasteiger partial charge on any atom is 0.125 e. The molecule has 0 radical (unpaired) electrons. The van der Waals surface area contributed by atoms with Gasteiger partial charge in [0.2, 0.25) is 0 Å². The van der Waals surface area contributed by atoms with Crippen molar-refractivity contribution in [2.24, 2.45) is 5.73 Å². The molecule has 0 atom stereocenters. The van der Waals surface area contributed by atoms with Gasteiger partial charge in [0.05, 0.1) is 0 Å². The van der Waals surface area contributed by atoms with E-state index in [4.69, 9.17) is 17.3 Å². The Morgan fingerprint density at radius 3 is 2.50 bits per heavy atom. The normalized spacial score (nSPS) is 19.2. The minimum atomic E-state index is -0.311. The van der Waals surface area contributed by atoms with Crippen LogP contribution in [0, 0.1) is 5.82 Å². The first kappa shape index (κ1) is 8.02. The molecule has 3 heteroatoms. The fourth-order valence-electron chi connectivity index (χ4n) is 1.26. The van der Waals surface area contributed by atoms with Gasteiger partial charge in [0, 0.05) is 10.6 Å². The maximum absolute atomic E-state index is 12.8. The van der Waals surface area contributed by atoms with E-state index in [2.05, 4.69) is 0 Å². The quantitative estimate of drug-likeness (QED) is 0.715. The van der Waals surface area contributed by atoms with Gasteiger partial charge in [-0.05, 0) is 36.6 Å². The monoisotopic (exact) mass is 185 g/mol. The lowest BCUT2D eigenvalue weighted by molar-refractivity contribution is 0.618. The van der Waals surface area contributed by atoms with Crippen molar-refractivity contribution in [2.45, 2.75) is 18.4 Å². The zero-order valence-corrected chi connectivity index (χ0v) is 7.24. The van der Waals surface area contributed by atoms with Gasteiger partial charge in [-0.25, -0.2) is 4.39 Å². The highest BCUT2D eigenvalue weighted by molar-refractivity contribution is 6.30. The van der Waals surface area contributed by atoms with Crippen LogP contribution in [0.1, 0.15) is 18.4 Å². The summed E-state index contributed by atoms with van der Waals surface area (Å²) in [5, 5.41) is 0.418. The Labute approximate surface area is 75.3 Å². The van der Waals surface area contributed by atoms with E-state index >= 15 is 0 Å². The van der Waals surface area contributed by atoms with Crippen LogP contribution in [0.25, 0.3) is 0 Å². The molecule has 0 amide bonds. The summed E-state index contributed by atoms with van der Waals surface area (Å²) in [5.74, 6) is -0.311. The van der Waals surface area contributed by atoms with E-state index < -0.39 is 0 Å². The SMILES string of the molecule is NC1(c2cc(F)cc(Cl)c2)CC1. The molecule has 0 aromatic heterocycles. The smallest absolute Gasteiger partial charge is 0.125 e. The van der Waals surface area contributed by atoms with Gasteiger partial charge in [0.1, 0.15) is 5.82 Å². The summed E-state index contributed by atoms with van der Waals surface area (Å²) < 4.78 is 12.8. The Kier molecular flexibility index (Phi) is 1.63. The number of benzene rings is 1. The van der Waals surface area contributed by atoms with Crippen molar-refractivity contribution in [1.82, 2.24) is 0 Å². The van der Waals surface area contributed by atoms with Gasteiger partial charge in [-0.15, -0.1) is 0 Å². The summed E-state index contributed by atoms with van der Waals surface area (Å²) in [6.45, 7) is 0. The van der Waals surface area contributed by atoms with E-state index in [0.29, 0.717) is 5.02 Å². The number of rotatable bonds is 1. The standard InChI is InChI=1S/C9H9ClFN/c10-7-3-6(4-8(11)5-7)9(12)1-2-9/h3-5H,1-2,12H2. The van der Waals surface area contributed by atoms with Crippen LogP contribution in [0.5, 0.6) is 0 Å². The summed E-state index contributed by atoms with van der Waals surface area (Å²) in [4.78, 5) is 0. The molecule has 0 spiro atoms. The summed E-state index contributed by atoms with van der Waals surface area (Å²) in [5.41, 5.74) is 6.39. The topological polar surface area (TPSA) is 26.0 Å². The first-order valence-corrected chi connectivity index (χ1v) is 4.23. The van der Waals surface area contributed by atoms with E-state index in [-0.39, 0.29) is 11.4 Å². The minimum absolute atomic E-state index is 0.300. The average Bonchev–Trinajstić information content (AvgIpc) is 2.67. The number of nitrogens with two attached hydrogens (primary N) is 1. The number of hydrogen-bond donors (Lipinski definition) is 1. The lowest BCUT2D eigenvalue weighted by Crippen LogP contribution is -2.18. The molecule has 64 valence electrons. The third-order valence-corrected chi connectivity index (χ3v) is 2.44. The molecule has 1 nitrogen and oxygen atoms in total. The van der Waals surface area contributed by atoms with Crippen LogP contribution in [0.2, 0.25) is 5.02 Å². The van der Waals surface area contributed by atoms with Crippen LogP contribution in [0.15, 0.2) is 18.2 Å². The predicted molar refractivity (Wildman–Crippen MR) is 46.5 cm³/mol. The molecule has 0 saturated heterocycles. The van der Waals surface area contributed by atoms with Crippen molar-refractivity contribution in [3.8, 4) is 0 Å². The first-order chi connectivity index (χ1) is 5.60. The highest BCUT2D eigenvalue weighted by Crippen LogP contribution is 2.43. The third-order valence-electron chi connectivity index (χ3n) is 2.23. The molecule has 1 aromatic rings. The maximum atomic E-state index is 12.8. The fourth-order valence-corrected chi connectivity index (χ4v) is 1.49. The van der Waals surface area contributed by atoms with Crippen molar-refractivity contribution < 1.29 is 4.39 Å². The number of hydrogen-bond acceptors (Lipinski definition) is 1. The van der Waals surface area contributed by atoms with E-state index in [1.54, 1.807) is 6.07 Å². The molecule has 1 aromatic carbocycles. The second-order valence-electron chi connectivity index (χ2n) is 3.31. The molecule has 1 fully saturated rings. The number of halogens is 2. The summed E-state index contributed by atoms with van der Waals surface area (Å²) in [7, 11) is 0. The zero-order valence-electron chi connectivity index (χ0n) is 6.48. The zero-order chi connectivity index (χ0) is 8.77. The predicted octanol–water partition coefficient (Wildman–Crippen LogP) is 2.43. The van der Waals surface area contributed by atoms with Gasteiger partial charge in [-0.2, -0.15) is 0 Å². The van der Waals surface area contributed by atoms with Crippen molar-refractivity contribution in [3.05, 3.63) is 34.6 Å². The van der Waals surface area contributed by atoms with Gasteiger partial charge < -0.3 is 5.73 Å². The summed E-state index contributed by atoms with van der Waals surface area (Å²) >= 11 is 5.69. The molecular weight excluding hydrogens is 177 g/mol. The Bertz CT molecular complexity index is 300. The van der Waals surface area contributed by atoms with Crippen LogP contribution in [0.3, 0.4) is 0 Å². The molecule has 12 heavy (non-hydrogen) atoms. The van der Waals surface area contributed by atoms with Crippen LogP contribution in [-0.2, 0) is 5.54 Å². The molecule has 0 bridgehead atoms. The van der Waals surface area contributed by atoms with Gasteiger partial charge in [-0.3, -0.25) is 0 Å². The Hall–Kier alpha value is -0.600. The van der Waals surface area contributed by atoms with Crippen molar-refractivity contribution in [1.29, 1.82) is 0 Å². The van der Waals surface area contributed by atoms with Gasteiger partial charge in [-0.1, -0.05) is 11.6 Å². The molecule has 0 unspecified atom stereocenters. The molecular formula is C9H9ClFN. The highest BCUT2D eigenvalue weighted by Gasteiger charge is 2.40. The molecule has 0 heterocycles. The van der Waals surface area contributed by atoms with Crippen molar-refractivity contribution >= 4 is 11.6 Å². The molecule has 2 N–H and O–H groups in total. The van der Waals surface area contributed by atoms with Gasteiger partial charge >= 0.3 is 0 Å². The van der Waals surface area contributed by atoms with E-state index in [1.807, 2.05) is 0 Å². The Morgan fingerprint density at radius 2 is 2.00 bits per heavy atom. The van der Waals surface area contributed by atoms with E-state index in [1.165, 1.54) is 12.1 Å². The average molecular weight is 186 g/mol. The lowest BCUT2D eigenvalue weighted by atomic mass is 10.1. The largest absolute Gasteiger partial charge is 0.321 e. The lowest BCUT2D eigenvalue weighted by Gasteiger charge is -2.08. The van der Waals surface area contributed by atoms with Gasteiger partial charge in [0.15, 0.2) is 0 Å². The van der Waals surface area contributed by atoms with Crippen LogP contribution in [-0.4, -0.2) is 0 Å². The van der Waals surface area contributed by atoms with Crippen molar-refractivity contribution in [2.75, 3.05) is 0 Å². The molecule has 1 saturated carbocycles. The Balaban J connectivity index is 2.44. The third kappa shape index (κ3) is 1.32. The highest BCUT2D eigenvalue weighted by atomic mass is 35.5. The molecule has 2 rings (SSSR count). The summed E-state index contributed by atoms with van der Waals surface area (Å²) in [6, 6.07) is 4.48.